The van der Waals surface area contributed by atoms with Crippen LogP contribution in [0.1, 0.15) is 106 Å². The van der Waals surface area contributed by atoms with Crippen LogP contribution in [0.4, 0.5) is 0 Å². The zero-order chi connectivity index (χ0) is 23.2. The van der Waals surface area contributed by atoms with Gasteiger partial charge in [-0.25, -0.2) is 0 Å². The minimum absolute atomic E-state index is 0.233. The lowest BCUT2D eigenvalue weighted by atomic mass is 9.33. The molecule has 9 atom stereocenters. The van der Waals surface area contributed by atoms with Crippen molar-refractivity contribution in [3.8, 4) is 0 Å². The third-order valence-electron chi connectivity index (χ3n) is 13.1. The number of nitrogens with two attached hydrogens (primary N) is 1. The van der Waals surface area contributed by atoms with Crippen LogP contribution < -0.4 is 11.1 Å². The molecule has 4 aliphatic carbocycles. The second-order valence-corrected chi connectivity index (χ2v) is 14.3. The molecular formula is C29H50N2O. The van der Waals surface area contributed by atoms with Crippen LogP contribution in [0.3, 0.4) is 0 Å². The Labute approximate surface area is 197 Å². The van der Waals surface area contributed by atoms with Crippen LogP contribution in [-0.4, -0.2) is 24.4 Å². The highest BCUT2D eigenvalue weighted by atomic mass is 16.1. The summed E-state index contributed by atoms with van der Waals surface area (Å²) in [5.74, 6) is 3.47. The summed E-state index contributed by atoms with van der Waals surface area (Å²) in [6.45, 7) is 16.8. The molecule has 3 heteroatoms. The Bertz CT molecular complexity index is 777. The van der Waals surface area contributed by atoms with Crippen molar-refractivity contribution in [1.82, 2.24) is 5.32 Å². The summed E-state index contributed by atoms with van der Waals surface area (Å²) >= 11 is 0. The molecule has 0 aromatic heterocycles. The molecule has 5 rings (SSSR count). The van der Waals surface area contributed by atoms with E-state index in [-0.39, 0.29) is 16.9 Å². The van der Waals surface area contributed by atoms with Gasteiger partial charge in [-0.05, 0) is 143 Å². The van der Waals surface area contributed by atoms with Crippen molar-refractivity contribution in [2.45, 2.75) is 111 Å². The van der Waals surface area contributed by atoms with Crippen molar-refractivity contribution in [3.05, 3.63) is 0 Å². The lowest BCUT2D eigenvalue weighted by molar-refractivity contribution is -0.223. The summed E-state index contributed by atoms with van der Waals surface area (Å²) in [5, 5.41) is 3.93. The summed E-state index contributed by atoms with van der Waals surface area (Å²) in [6.07, 6.45) is 12.9. The molecule has 4 saturated carbocycles. The van der Waals surface area contributed by atoms with Gasteiger partial charge in [-0.1, -0.05) is 20.8 Å². The first-order valence-electron chi connectivity index (χ1n) is 13.9. The number of fused-ring (bicyclic) bond motifs is 7. The Hall–Kier alpha value is -0.410. The molecule has 0 spiro atoms. The highest BCUT2D eigenvalue weighted by Gasteiger charge is 2.70. The first-order chi connectivity index (χ1) is 15.0. The molecule has 1 aliphatic heterocycles. The monoisotopic (exact) mass is 442 g/mol. The van der Waals surface area contributed by atoms with E-state index in [1.165, 1.54) is 64.3 Å². The average molecular weight is 443 g/mol. The fourth-order valence-corrected chi connectivity index (χ4v) is 11.4. The van der Waals surface area contributed by atoms with E-state index in [1.807, 2.05) is 6.92 Å². The van der Waals surface area contributed by atoms with Gasteiger partial charge in [0.1, 0.15) is 5.78 Å². The van der Waals surface area contributed by atoms with Gasteiger partial charge in [-0.2, -0.15) is 0 Å². The number of Topliss-reactive ketones (excluding diaryl/α,β-unsaturated/α-hetero) is 1. The van der Waals surface area contributed by atoms with Crippen LogP contribution in [0.5, 0.6) is 0 Å². The number of ketones is 1. The maximum absolute atomic E-state index is 12.8. The van der Waals surface area contributed by atoms with Gasteiger partial charge in [0.15, 0.2) is 0 Å². The highest BCUT2D eigenvalue weighted by molar-refractivity contribution is 5.79. The number of carbonyl (C=O) groups excluding carboxylic acids is 1. The van der Waals surface area contributed by atoms with Crippen LogP contribution in [0.25, 0.3) is 0 Å². The molecule has 182 valence electrons. The normalized spacial score (nSPS) is 54.5. The summed E-state index contributed by atoms with van der Waals surface area (Å²) in [6, 6.07) is 0. The fourth-order valence-electron chi connectivity index (χ4n) is 11.4. The van der Waals surface area contributed by atoms with Gasteiger partial charge in [0.05, 0.1) is 0 Å². The summed E-state index contributed by atoms with van der Waals surface area (Å²) < 4.78 is 0. The molecule has 0 radical (unpaired) electrons. The summed E-state index contributed by atoms with van der Waals surface area (Å²) in [5.41, 5.74) is 8.12. The second-order valence-electron chi connectivity index (χ2n) is 14.3. The maximum atomic E-state index is 12.8. The van der Waals surface area contributed by atoms with Gasteiger partial charge in [-0.15, -0.1) is 0 Å². The van der Waals surface area contributed by atoms with Crippen LogP contribution in [0.2, 0.25) is 0 Å². The van der Waals surface area contributed by atoms with Gasteiger partial charge >= 0.3 is 0 Å². The lowest BCUT2D eigenvalue weighted by Gasteiger charge is -2.71. The Morgan fingerprint density at radius 1 is 0.875 bits per heavy atom. The first-order valence-corrected chi connectivity index (χ1v) is 13.9. The Balaban J connectivity index is 1.56. The molecule has 3 nitrogen and oxygen atoms in total. The number of carbonyl (C=O) groups is 1. The predicted octanol–water partition coefficient (Wildman–Crippen LogP) is 5.96. The number of hydrogen-bond acceptors (Lipinski definition) is 3. The van der Waals surface area contributed by atoms with Crippen molar-refractivity contribution < 1.29 is 4.79 Å². The molecule has 0 unspecified atom stereocenters. The van der Waals surface area contributed by atoms with Crippen molar-refractivity contribution in [3.63, 3.8) is 0 Å². The van der Waals surface area contributed by atoms with Crippen LogP contribution in [-0.2, 0) is 4.79 Å². The van der Waals surface area contributed by atoms with Gasteiger partial charge in [0, 0.05) is 11.5 Å². The van der Waals surface area contributed by atoms with E-state index >= 15 is 0 Å². The van der Waals surface area contributed by atoms with Crippen LogP contribution in [0, 0.1) is 51.2 Å². The molecule has 5 fully saturated rings. The Morgan fingerprint density at radius 2 is 1.62 bits per heavy atom. The minimum atomic E-state index is 0.233. The number of hydrogen-bond donors (Lipinski definition) is 2. The van der Waals surface area contributed by atoms with Crippen LogP contribution in [0.15, 0.2) is 0 Å². The van der Waals surface area contributed by atoms with E-state index in [1.54, 1.807) is 0 Å². The molecule has 0 aromatic rings. The van der Waals surface area contributed by atoms with Crippen molar-refractivity contribution in [1.29, 1.82) is 0 Å². The zero-order valence-electron chi connectivity index (χ0n) is 21.9. The smallest absolute Gasteiger partial charge is 0.133 e. The van der Waals surface area contributed by atoms with E-state index in [0.29, 0.717) is 33.9 Å². The van der Waals surface area contributed by atoms with E-state index in [9.17, 15) is 4.79 Å². The third-order valence-corrected chi connectivity index (χ3v) is 13.1. The molecule has 1 saturated heterocycles. The third kappa shape index (κ3) is 2.82. The molecule has 1 heterocycles. The SMILES string of the molecule is CC(=O)[C@@H]1CC[C@]2(CN)CC[C@]3(C)[C@H](CC[C@@H]4[C@@]5(C)CCCNC(C)(C)[C@@H]5CC[C@]43C)[C@@H]12. The molecular weight excluding hydrogens is 392 g/mol. The minimum Gasteiger partial charge on any atom is -0.330 e. The van der Waals surface area contributed by atoms with E-state index in [0.717, 1.165) is 24.8 Å². The standard InChI is InChI=1S/C29H50N2O/c1-19(32)20-10-14-29(18-30)16-15-27(5)21(24(20)29)8-9-23-26(4)12-7-17-31-25(2,3)22(26)11-13-28(23,27)6/h20-24,31H,7-18,30H2,1-6H3/t20-,21+,22-,23+,24+,26-,27+,28+,29+/m0/s1. The molecule has 3 N–H and O–H groups in total. The highest BCUT2D eigenvalue weighted by Crippen LogP contribution is 2.76. The summed E-state index contributed by atoms with van der Waals surface area (Å²) in [4.78, 5) is 12.8. The fraction of sp³-hybridized carbons (Fsp3) is 0.966. The number of rotatable bonds is 2. The van der Waals surface area contributed by atoms with E-state index in [2.05, 4.69) is 39.9 Å². The van der Waals surface area contributed by atoms with Crippen molar-refractivity contribution >= 4 is 5.78 Å². The molecule has 0 bridgehead atoms. The van der Waals surface area contributed by atoms with Crippen LogP contribution >= 0.6 is 0 Å². The Kier molecular flexibility index (Phi) is 5.32. The first kappa shape index (κ1) is 23.3. The predicted molar refractivity (Wildman–Crippen MR) is 132 cm³/mol. The van der Waals surface area contributed by atoms with Gasteiger partial charge in [-0.3, -0.25) is 4.79 Å². The summed E-state index contributed by atoms with van der Waals surface area (Å²) in [7, 11) is 0. The average Bonchev–Trinajstić information content (AvgIpc) is 3.07. The van der Waals surface area contributed by atoms with Gasteiger partial charge < -0.3 is 11.1 Å². The topological polar surface area (TPSA) is 55.1 Å². The van der Waals surface area contributed by atoms with Gasteiger partial charge in [0.25, 0.3) is 0 Å². The molecule has 0 amide bonds. The molecule has 5 aliphatic rings. The van der Waals surface area contributed by atoms with Gasteiger partial charge in [0.2, 0.25) is 0 Å². The molecule has 32 heavy (non-hydrogen) atoms. The van der Waals surface area contributed by atoms with Crippen molar-refractivity contribution in [2.75, 3.05) is 13.1 Å². The zero-order valence-corrected chi connectivity index (χ0v) is 21.9. The second kappa shape index (κ2) is 7.30. The molecule has 0 aromatic carbocycles. The van der Waals surface area contributed by atoms with Crippen molar-refractivity contribution in [2.24, 2.45) is 57.0 Å². The van der Waals surface area contributed by atoms with E-state index < -0.39 is 0 Å². The Morgan fingerprint density at radius 3 is 2.31 bits per heavy atom. The number of nitrogens with one attached hydrogen (secondary N) is 1. The van der Waals surface area contributed by atoms with E-state index in [4.69, 9.17) is 5.73 Å². The quantitative estimate of drug-likeness (QED) is 0.555. The maximum Gasteiger partial charge on any atom is 0.133 e. The lowest BCUT2D eigenvalue weighted by Crippen LogP contribution is -2.66. The largest absolute Gasteiger partial charge is 0.330 e.